The van der Waals surface area contributed by atoms with Crippen molar-refractivity contribution < 1.29 is 28.4 Å². The Bertz CT molecular complexity index is 3900. The maximum Gasteiger partial charge on any atom is 0.233 e. The summed E-state index contributed by atoms with van der Waals surface area (Å²) >= 11 is 0. The van der Waals surface area contributed by atoms with E-state index in [0.29, 0.717) is 126 Å². The molecule has 0 saturated carbocycles. The highest BCUT2D eigenvalue weighted by atomic mass is 16.5. The second kappa shape index (κ2) is 46.0. The van der Waals surface area contributed by atoms with Gasteiger partial charge < -0.3 is 104 Å². The number of piperidine rings is 6. The minimum absolute atomic E-state index is 0.0261. The lowest BCUT2D eigenvalue weighted by atomic mass is 9.78. The molecule has 30 nitrogen and oxygen atoms in total. The summed E-state index contributed by atoms with van der Waals surface area (Å²) in [6, 6.07) is -0.182. The van der Waals surface area contributed by atoms with Crippen LogP contribution in [-0.2, 0) is 28.4 Å². The number of ether oxygens (including phenoxy) is 6. The zero-order chi connectivity index (χ0) is 101. The third kappa shape index (κ3) is 32.1. The Balaban J connectivity index is 1.15. The average Bonchev–Trinajstić information content (AvgIpc) is 0.763. The van der Waals surface area contributed by atoms with E-state index in [1.165, 1.54) is 0 Å². The number of unbranched alkanes of at least 4 members (excludes halogenated alkanes) is 1. The van der Waals surface area contributed by atoms with Crippen LogP contribution in [0.15, 0.2) is 0 Å². The van der Waals surface area contributed by atoms with E-state index < -0.39 is 6.23 Å². The van der Waals surface area contributed by atoms with Gasteiger partial charge in [0.05, 0.1) is 75.9 Å². The molecule has 8 atom stereocenters. The molecule has 0 aliphatic carbocycles. The Morgan fingerprint density at radius 3 is 0.674 bits per heavy atom. The highest BCUT2D eigenvalue weighted by molar-refractivity contribution is 5.53. The summed E-state index contributed by atoms with van der Waals surface area (Å²) in [4.78, 5) is 73.7. The molecule has 3 aromatic rings. The fourth-order valence-corrected chi connectivity index (χ4v) is 25.8. The van der Waals surface area contributed by atoms with E-state index in [2.05, 4.69) is 353 Å². The summed E-state index contributed by atoms with van der Waals surface area (Å²) in [6.07, 6.45) is 15.1. The van der Waals surface area contributed by atoms with Crippen molar-refractivity contribution in [2.45, 2.75) is 511 Å². The first-order valence-corrected chi connectivity index (χ1v) is 52.9. The van der Waals surface area contributed by atoms with E-state index in [1.54, 1.807) is 0 Å². The third-order valence-electron chi connectivity index (χ3n) is 28.9. The van der Waals surface area contributed by atoms with Crippen LogP contribution in [0.4, 0.5) is 53.5 Å². The van der Waals surface area contributed by atoms with Gasteiger partial charge in [-0.3, -0.25) is 0 Å². The van der Waals surface area contributed by atoms with Crippen LogP contribution in [0, 0.1) is 5.92 Å². The van der Waals surface area contributed by atoms with Crippen molar-refractivity contribution in [1.82, 2.24) is 76.8 Å². The summed E-state index contributed by atoms with van der Waals surface area (Å²) in [7, 11) is 6.50. The lowest BCUT2D eigenvalue weighted by Gasteiger charge is -2.52. The molecular weight excluding hydrogens is 1690 g/mol. The van der Waals surface area contributed by atoms with Crippen LogP contribution in [0.25, 0.3) is 0 Å². The van der Waals surface area contributed by atoms with Crippen molar-refractivity contribution in [2.24, 2.45) is 5.92 Å². The number of aromatic nitrogens is 9. The van der Waals surface area contributed by atoms with Gasteiger partial charge >= 0.3 is 0 Å². The fraction of sp³-hybridized carbons (Fsp3) is 0.914. The lowest BCUT2D eigenvalue weighted by Crippen LogP contribution is -2.64. The van der Waals surface area contributed by atoms with Crippen LogP contribution >= 0.6 is 0 Å². The average molecular weight is 1890 g/mol. The molecule has 9 heterocycles. The molecule has 6 aliphatic heterocycles. The molecule has 0 aromatic carbocycles. The quantitative estimate of drug-likeness (QED) is 0.0287. The van der Waals surface area contributed by atoms with Gasteiger partial charge in [-0.05, 0) is 351 Å². The van der Waals surface area contributed by atoms with Gasteiger partial charge in [0.2, 0.25) is 53.5 Å². The molecule has 6 N–H and O–H groups in total. The maximum atomic E-state index is 7.50. The zero-order valence-corrected chi connectivity index (χ0v) is 93.3. The second-order valence-corrected chi connectivity index (χ2v) is 50.3. The topological polar surface area (TPSA) is 273 Å². The van der Waals surface area contributed by atoms with Gasteiger partial charge in [0.15, 0.2) is 0 Å². The fourth-order valence-electron chi connectivity index (χ4n) is 25.8. The van der Waals surface area contributed by atoms with Crippen molar-refractivity contribution in [3.8, 4) is 0 Å². The smallest absolute Gasteiger partial charge is 0.233 e. The predicted octanol–water partition coefficient (Wildman–Crippen LogP) is 17.1. The van der Waals surface area contributed by atoms with Crippen LogP contribution in [0.2, 0.25) is 0 Å². The molecule has 0 amide bonds. The van der Waals surface area contributed by atoms with Crippen molar-refractivity contribution in [2.75, 3.05) is 151 Å². The van der Waals surface area contributed by atoms with E-state index in [1.807, 2.05) is 0 Å². The molecular formula is C105H200N24O6. The molecule has 9 rings (SSSR count). The Kier molecular flexibility index (Phi) is 38.6. The Morgan fingerprint density at radius 1 is 0.267 bits per heavy atom. The minimum Gasteiger partial charge on any atom is -0.380 e. The highest BCUT2D eigenvalue weighted by Gasteiger charge is 2.51. The van der Waals surface area contributed by atoms with E-state index in [9.17, 15) is 0 Å². The molecule has 776 valence electrons. The Morgan fingerprint density at radius 2 is 0.459 bits per heavy atom. The monoisotopic (exact) mass is 1890 g/mol. The first-order chi connectivity index (χ1) is 62.5. The van der Waals surface area contributed by atoms with Gasteiger partial charge in [0, 0.05) is 170 Å². The van der Waals surface area contributed by atoms with E-state index in [4.69, 9.17) is 73.3 Å². The van der Waals surface area contributed by atoms with Crippen molar-refractivity contribution >= 4 is 53.5 Å². The van der Waals surface area contributed by atoms with E-state index in [-0.39, 0.29) is 145 Å². The molecule has 6 saturated heterocycles. The summed E-state index contributed by atoms with van der Waals surface area (Å²) in [5.74, 6) is 6.08. The van der Waals surface area contributed by atoms with Gasteiger partial charge in [-0.2, -0.15) is 44.9 Å². The Labute approximate surface area is 821 Å². The van der Waals surface area contributed by atoms with E-state index in [0.717, 1.165) is 122 Å². The number of rotatable bonds is 49. The van der Waals surface area contributed by atoms with Crippen molar-refractivity contribution in [1.29, 1.82) is 0 Å². The maximum absolute atomic E-state index is 7.50. The normalized spacial score (nSPS) is 23.3. The minimum atomic E-state index is -0.524. The first kappa shape index (κ1) is 113. The summed E-state index contributed by atoms with van der Waals surface area (Å²) < 4.78 is 39.5. The molecule has 0 spiro atoms. The van der Waals surface area contributed by atoms with Gasteiger partial charge in [-0.1, -0.05) is 19.8 Å². The van der Waals surface area contributed by atoms with Crippen LogP contribution < -0.4 is 76.0 Å². The molecule has 30 heteroatoms. The molecule has 6 aliphatic rings. The largest absolute Gasteiger partial charge is 0.380 e. The SMILES string of the molecule is CCCCC(CCCN(C)c1nc(N(C(C)COCC)C2CC(C)(C)NC(C)(C)C2)nc(N(C(C)COCC)C2CC(C)(C)NC(C)(C)C2)n1)CN(C)c1nc(N(C(C)COCC)C2CC(C)(C)NC(C)(C)C2)nc(N(C(C)COC(C)N(C)c2nc(N(C(C)COCC)C3CC(C)(C)NC(C)(C)C3)nc(N(C(C)COCC)C3CC(C)(C)NC(C)(C)C3)n2)C2CC(C)(C)NC(C)(C)C2)n1. The van der Waals surface area contributed by atoms with Gasteiger partial charge in [0.1, 0.15) is 6.23 Å². The number of nitrogens with one attached hydrogen (secondary N) is 6. The van der Waals surface area contributed by atoms with Gasteiger partial charge in [-0.15, -0.1) is 0 Å². The number of anilines is 9. The zero-order valence-electron chi connectivity index (χ0n) is 93.3. The van der Waals surface area contributed by atoms with Crippen molar-refractivity contribution in [3.63, 3.8) is 0 Å². The van der Waals surface area contributed by atoms with Crippen LogP contribution in [-0.4, -0.2) is 297 Å². The molecule has 8 unspecified atom stereocenters. The number of hydrogen-bond acceptors (Lipinski definition) is 30. The van der Waals surface area contributed by atoms with E-state index >= 15 is 0 Å². The Hall–Kier alpha value is -5.25. The molecule has 135 heavy (non-hydrogen) atoms. The van der Waals surface area contributed by atoms with Crippen LogP contribution in [0.3, 0.4) is 0 Å². The van der Waals surface area contributed by atoms with Crippen molar-refractivity contribution in [3.05, 3.63) is 0 Å². The molecule has 6 fully saturated rings. The first-order valence-electron chi connectivity index (χ1n) is 52.9. The standard InChI is InChI=1S/C105H200N24O6/c1-41-47-49-78(50-48-51-121(38)85-106-88(124(71(7)65-130-42-2)79-52-94(14,15)115-95(16,17)53-79)112-89(107-85)125(72(8)66-131-43-3)80-54-96(18,19)116-97(20,21)55-80)64-122(39)86-108-90(126(73(9)67-132-44-4)81-56-98(22,23)117-99(24,25)57-81)113-91(109-86)129(84-62-104(34,35)120-105(36,37)63-84)76(12)70-135-77(13)123(40)87-110-92(127(74(10)68-133-45-5)82-58-100(26,27)118-101(28,29)59-82)114-93(111-87)128(75(11)69-134-46-6)83-60-102(30,31)119-103(32,33)61-83/h71-84,115-120H,41-70H2,1-40H3. The summed E-state index contributed by atoms with van der Waals surface area (Å²) in [5.41, 5.74) is -2.17. The number of nitrogens with zero attached hydrogens (tertiary/aromatic N) is 18. The molecule has 3 aromatic heterocycles. The third-order valence-corrected chi connectivity index (χ3v) is 28.9. The van der Waals surface area contributed by atoms with Crippen LogP contribution in [0.5, 0.6) is 0 Å². The van der Waals surface area contributed by atoms with Crippen LogP contribution in [0.1, 0.15) is 365 Å². The second-order valence-electron chi connectivity index (χ2n) is 50.3. The van der Waals surface area contributed by atoms with Gasteiger partial charge in [-0.25, -0.2) is 0 Å². The highest BCUT2D eigenvalue weighted by Crippen LogP contribution is 2.45. The predicted molar refractivity (Wildman–Crippen MR) is 562 cm³/mol. The summed E-state index contributed by atoms with van der Waals surface area (Å²) in [5, 5.41) is 24.0. The number of hydrogen-bond donors (Lipinski definition) is 6. The summed E-state index contributed by atoms with van der Waals surface area (Å²) in [6.45, 7) is 92.1. The molecule has 0 radical (unpaired) electrons. The molecule has 0 bridgehead atoms. The van der Waals surface area contributed by atoms with Gasteiger partial charge in [0.25, 0.3) is 0 Å². The lowest BCUT2D eigenvalue weighted by molar-refractivity contribution is 0.0523.